The molecular weight excluding hydrogens is 340 g/mol. The Bertz CT molecular complexity index is 621. The quantitative estimate of drug-likeness (QED) is 0.583. The Kier molecular flexibility index (Phi) is 5.13. The van der Waals surface area contributed by atoms with Gasteiger partial charge < -0.3 is 15.7 Å². The number of ketones is 1. The molecule has 0 spiro atoms. The summed E-state index contributed by atoms with van der Waals surface area (Å²) in [6.45, 7) is 5.89. The topological polar surface area (TPSA) is 84.9 Å². The van der Waals surface area contributed by atoms with Crippen molar-refractivity contribution in [2.24, 2.45) is 51.3 Å². The van der Waals surface area contributed by atoms with Gasteiger partial charge in [0.25, 0.3) is 0 Å². The Labute approximate surface area is 163 Å². The lowest BCUT2D eigenvalue weighted by Crippen LogP contribution is -2.56. The molecule has 0 aromatic rings. The van der Waals surface area contributed by atoms with Crippen molar-refractivity contribution in [1.29, 1.82) is 0 Å². The second kappa shape index (κ2) is 7.14. The smallest absolute Gasteiger partial charge is 0.139 e. The van der Waals surface area contributed by atoms with Crippen LogP contribution in [0.2, 0.25) is 0 Å². The highest BCUT2D eigenvalue weighted by Crippen LogP contribution is 2.66. The third-order valence-electron chi connectivity index (χ3n) is 9.03. The molecule has 4 aliphatic carbocycles. The molecule has 5 nitrogen and oxygen atoms in total. The van der Waals surface area contributed by atoms with E-state index in [-0.39, 0.29) is 17.4 Å². The first-order valence-electron chi connectivity index (χ1n) is 11.0. The van der Waals surface area contributed by atoms with Crippen LogP contribution in [-0.2, 0) is 9.63 Å². The molecule has 27 heavy (non-hydrogen) atoms. The first-order valence-corrected chi connectivity index (χ1v) is 11.0. The van der Waals surface area contributed by atoms with Crippen molar-refractivity contribution in [3.8, 4) is 0 Å². The molecule has 4 rings (SSSR count). The molecule has 0 radical (unpaired) electrons. The highest BCUT2D eigenvalue weighted by molar-refractivity contribution is 5.87. The van der Waals surface area contributed by atoms with Gasteiger partial charge >= 0.3 is 0 Å². The van der Waals surface area contributed by atoms with Crippen molar-refractivity contribution in [1.82, 2.24) is 0 Å². The molecule has 4 saturated carbocycles. The van der Waals surface area contributed by atoms with Crippen molar-refractivity contribution < 1.29 is 14.7 Å². The van der Waals surface area contributed by atoms with Crippen LogP contribution < -0.4 is 5.73 Å². The number of aliphatic hydroxyl groups is 1. The number of oxime groups is 1. The van der Waals surface area contributed by atoms with E-state index in [1.807, 2.05) is 0 Å². The van der Waals surface area contributed by atoms with Gasteiger partial charge in [0.1, 0.15) is 12.4 Å². The van der Waals surface area contributed by atoms with E-state index in [0.717, 1.165) is 50.7 Å². The molecule has 0 aliphatic heterocycles. The van der Waals surface area contributed by atoms with E-state index in [1.165, 1.54) is 6.42 Å². The van der Waals surface area contributed by atoms with E-state index in [9.17, 15) is 9.90 Å². The molecule has 152 valence electrons. The van der Waals surface area contributed by atoms with Gasteiger partial charge in [-0.05, 0) is 80.0 Å². The fraction of sp³-hybridized carbons (Fsp3) is 0.909. The van der Waals surface area contributed by atoms with Gasteiger partial charge in [0.05, 0.1) is 5.71 Å². The number of rotatable bonds is 4. The van der Waals surface area contributed by atoms with E-state index in [4.69, 9.17) is 10.6 Å². The highest BCUT2D eigenvalue weighted by Gasteiger charge is 2.61. The molecule has 0 heterocycles. The summed E-state index contributed by atoms with van der Waals surface area (Å²) in [5, 5.41) is 14.6. The normalized spacial score (nSPS) is 48.1. The molecule has 0 saturated heterocycles. The number of carbonyl (C=O) groups is 1. The van der Waals surface area contributed by atoms with Gasteiger partial charge in [-0.3, -0.25) is 4.79 Å². The van der Waals surface area contributed by atoms with Crippen LogP contribution in [0.5, 0.6) is 0 Å². The average Bonchev–Trinajstić information content (AvgIpc) is 2.96. The second-order valence-electron chi connectivity index (χ2n) is 10.1. The van der Waals surface area contributed by atoms with Crippen molar-refractivity contribution in [2.45, 2.75) is 65.2 Å². The van der Waals surface area contributed by atoms with Crippen LogP contribution in [0, 0.1) is 40.4 Å². The van der Waals surface area contributed by atoms with Gasteiger partial charge in [-0.25, -0.2) is 0 Å². The fourth-order valence-electron chi connectivity index (χ4n) is 7.55. The Morgan fingerprint density at radius 2 is 2.00 bits per heavy atom. The van der Waals surface area contributed by atoms with Gasteiger partial charge in [0, 0.05) is 25.0 Å². The Morgan fingerprint density at radius 3 is 2.74 bits per heavy atom. The third-order valence-corrected chi connectivity index (χ3v) is 9.03. The van der Waals surface area contributed by atoms with Crippen molar-refractivity contribution in [3.05, 3.63) is 0 Å². The number of hydrogen-bond donors (Lipinski definition) is 2. The van der Waals surface area contributed by atoms with Gasteiger partial charge in [0.2, 0.25) is 0 Å². The van der Waals surface area contributed by atoms with Crippen LogP contribution in [0.15, 0.2) is 5.16 Å². The number of Topliss-reactive ketones (excluding diaryl/α,β-unsaturated/α-hetero) is 1. The van der Waals surface area contributed by atoms with E-state index in [0.29, 0.717) is 48.5 Å². The van der Waals surface area contributed by atoms with Gasteiger partial charge in [-0.2, -0.15) is 0 Å². The summed E-state index contributed by atoms with van der Waals surface area (Å²) < 4.78 is 0. The maximum atomic E-state index is 12.6. The van der Waals surface area contributed by atoms with Crippen LogP contribution in [0.4, 0.5) is 0 Å². The summed E-state index contributed by atoms with van der Waals surface area (Å²) in [6.07, 6.45) is 8.19. The summed E-state index contributed by atoms with van der Waals surface area (Å²) >= 11 is 0. The SMILES string of the molecule is C[C@]12CC/C(=N/OCCN)CC1[C@@H](CO)C[C@@H]1[C@@H]2CC[C@]2(C)C(=O)CC[C@@H]12. The summed E-state index contributed by atoms with van der Waals surface area (Å²) in [4.78, 5) is 18.0. The number of hydrogen-bond acceptors (Lipinski definition) is 5. The molecule has 5 heteroatoms. The molecular formula is C22H36N2O3. The molecule has 0 bridgehead atoms. The highest BCUT2D eigenvalue weighted by atomic mass is 16.6. The second-order valence-corrected chi connectivity index (χ2v) is 10.1. The lowest BCUT2D eigenvalue weighted by atomic mass is 9.43. The van der Waals surface area contributed by atoms with Gasteiger partial charge in [-0.1, -0.05) is 19.0 Å². The van der Waals surface area contributed by atoms with Gasteiger partial charge in [0.15, 0.2) is 0 Å². The van der Waals surface area contributed by atoms with E-state index < -0.39 is 0 Å². The van der Waals surface area contributed by atoms with Crippen LogP contribution >= 0.6 is 0 Å². The number of aliphatic hydroxyl groups excluding tert-OH is 1. The standard InChI is InChI=1S/C22H36N2O3/c1-21-7-5-15(24-27-10-9-23)12-19(21)14(13-25)11-16-17-3-4-20(26)22(17,2)8-6-18(16)21/h14,16-19,25H,3-13,23H2,1-2H3/b24-15-/t14-,16+,17+,18+,19?,21-,22+/m1/s1. The maximum Gasteiger partial charge on any atom is 0.139 e. The molecule has 1 unspecified atom stereocenters. The molecule has 4 fully saturated rings. The molecule has 3 N–H and O–H groups in total. The average molecular weight is 377 g/mol. The number of nitrogens with zero attached hydrogens (tertiary/aromatic N) is 1. The molecule has 0 amide bonds. The maximum absolute atomic E-state index is 12.6. The summed E-state index contributed by atoms with van der Waals surface area (Å²) in [6, 6.07) is 0. The summed E-state index contributed by atoms with van der Waals surface area (Å²) in [7, 11) is 0. The predicted molar refractivity (Wildman–Crippen MR) is 105 cm³/mol. The Hall–Kier alpha value is -0.940. The number of fused-ring (bicyclic) bond motifs is 5. The zero-order valence-electron chi connectivity index (χ0n) is 17.0. The summed E-state index contributed by atoms with van der Waals surface area (Å²) in [5.74, 6) is 3.09. The minimum absolute atomic E-state index is 0.0955. The summed E-state index contributed by atoms with van der Waals surface area (Å²) in [5.41, 5.74) is 6.79. The third kappa shape index (κ3) is 2.96. The van der Waals surface area contributed by atoms with Gasteiger partial charge in [-0.15, -0.1) is 0 Å². The monoisotopic (exact) mass is 376 g/mol. The molecule has 0 aromatic carbocycles. The van der Waals surface area contributed by atoms with E-state index >= 15 is 0 Å². The van der Waals surface area contributed by atoms with E-state index in [1.54, 1.807) is 0 Å². The van der Waals surface area contributed by atoms with Crippen LogP contribution in [0.3, 0.4) is 0 Å². The largest absolute Gasteiger partial charge is 0.396 e. The minimum atomic E-state index is -0.0955. The lowest BCUT2D eigenvalue weighted by Gasteiger charge is -2.61. The van der Waals surface area contributed by atoms with Crippen molar-refractivity contribution in [3.63, 3.8) is 0 Å². The zero-order chi connectivity index (χ0) is 19.2. The first-order chi connectivity index (χ1) is 12.9. The minimum Gasteiger partial charge on any atom is -0.396 e. The Balaban J connectivity index is 1.59. The number of carbonyl (C=O) groups excluding carboxylic acids is 1. The number of nitrogens with two attached hydrogens (primary N) is 1. The first kappa shape index (κ1) is 19.4. The molecule has 0 aromatic heterocycles. The van der Waals surface area contributed by atoms with E-state index in [2.05, 4.69) is 19.0 Å². The molecule has 4 aliphatic rings. The van der Waals surface area contributed by atoms with Crippen molar-refractivity contribution >= 4 is 11.5 Å². The predicted octanol–water partition coefficient (Wildman–Crippen LogP) is 3.15. The molecule has 7 atom stereocenters. The Morgan fingerprint density at radius 1 is 1.19 bits per heavy atom. The van der Waals surface area contributed by atoms with Crippen molar-refractivity contribution in [2.75, 3.05) is 19.8 Å². The fourth-order valence-corrected chi connectivity index (χ4v) is 7.55. The van der Waals surface area contributed by atoms with Crippen LogP contribution in [-0.4, -0.2) is 36.4 Å². The lowest BCUT2D eigenvalue weighted by molar-refractivity contribution is -0.145. The van der Waals surface area contributed by atoms with Crippen LogP contribution in [0.1, 0.15) is 65.2 Å². The van der Waals surface area contributed by atoms with Crippen LogP contribution in [0.25, 0.3) is 0 Å². The zero-order valence-corrected chi connectivity index (χ0v) is 17.0.